The smallest absolute Gasteiger partial charge is 0.143 e. The minimum Gasteiger partial charge on any atom is -0.314 e. The summed E-state index contributed by atoms with van der Waals surface area (Å²) in [5, 5.41) is 1.87. The van der Waals surface area contributed by atoms with Crippen LogP contribution in [0.15, 0.2) is 73.3 Å². The Labute approximate surface area is 121 Å². The van der Waals surface area contributed by atoms with Gasteiger partial charge in [-0.3, -0.25) is 0 Å². The Morgan fingerprint density at radius 3 is 1.80 bits per heavy atom. The highest BCUT2D eigenvalue weighted by Crippen LogP contribution is 2.45. The molecule has 0 saturated carbocycles. The fraction of sp³-hybridized carbons (Fsp3) is 0.222. The van der Waals surface area contributed by atoms with Crippen molar-refractivity contribution in [2.45, 2.75) is 13.3 Å². The van der Waals surface area contributed by atoms with E-state index >= 15 is 0 Å². The monoisotopic (exact) mass is 284 g/mol. The van der Waals surface area contributed by atoms with Crippen molar-refractivity contribution < 1.29 is 4.57 Å². The Bertz CT molecular complexity index is 546. The number of allylic oxidation sites excluding steroid dienone is 1. The lowest BCUT2D eigenvalue weighted by Crippen LogP contribution is -2.21. The zero-order valence-corrected chi connectivity index (χ0v) is 12.8. The van der Waals surface area contributed by atoms with Crippen LogP contribution in [0.3, 0.4) is 0 Å². The third kappa shape index (κ3) is 3.11. The first kappa shape index (κ1) is 14.8. The van der Waals surface area contributed by atoms with E-state index in [4.69, 9.17) is 0 Å². The van der Waals surface area contributed by atoms with Gasteiger partial charge in [0.1, 0.15) is 7.14 Å². The standard InChI is InChI=1S/C18H21OP/c1-3-16(4-2)15-20(19,17-11-7-5-8-12-17)18-13-9-6-10-14-18/h3,5-14,16H,1,4,15H2,2H3/t16-/m1/s1. The summed E-state index contributed by atoms with van der Waals surface area (Å²) in [4.78, 5) is 0. The lowest BCUT2D eigenvalue weighted by Gasteiger charge is -2.22. The first-order chi connectivity index (χ1) is 9.70. The molecule has 2 aromatic rings. The average molecular weight is 284 g/mol. The van der Waals surface area contributed by atoms with E-state index in [1.165, 1.54) is 0 Å². The summed E-state index contributed by atoms with van der Waals surface area (Å²) in [6.45, 7) is 6.00. The maximum atomic E-state index is 13.7. The molecule has 0 unspecified atom stereocenters. The van der Waals surface area contributed by atoms with Gasteiger partial charge in [-0.05, 0) is 12.3 Å². The van der Waals surface area contributed by atoms with Gasteiger partial charge in [0.2, 0.25) is 0 Å². The van der Waals surface area contributed by atoms with Crippen LogP contribution in [-0.2, 0) is 4.57 Å². The Balaban J connectivity index is 2.49. The second-order valence-electron chi connectivity index (χ2n) is 5.00. The lowest BCUT2D eigenvalue weighted by atomic mass is 10.1. The van der Waals surface area contributed by atoms with Crippen LogP contribution >= 0.6 is 7.14 Å². The van der Waals surface area contributed by atoms with E-state index in [1.54, 1.807) is 0 Å². The second kappa shape index (κ2) is 6.72. The molecular weight excluding hydrogens is 263 g/mol. The van der Waals surface area contributed by atoms with Crippen LogP contribution in [0.5, 0.6) is 0 Å². The largest absolute Gasteiger partial charge is 0.314 e. The fourth-order valence-electron chi connectivity index (χ4n) is 2.40. The van der Waals surface area contributed by atoms with Crippen molar-refractivity contribution in [1.82, 2.24) is 0 Å². The SMILES string of the molecule is C=C[C@H](CC)CP(=O)(c1ccccc1)c1ccccc1. The number of hydrogen-bond acceptors (Lipinski definition) is 1. The molecule has 104 valence electrons. The van der Waals surface area contributed by atoms with E-state index in [-0.39, 0.29) is 5.92 Å². The average Bonchev–Trinajstić information content (AvgIpc) is 2.54. The van der Waals surface area contributed by atoms with E-state index in [0.717, 1.165) is 17.0 Å². The van der Waals surface area contributed by atoms with Crippen molar-refractivity contribution in [3.63, 3.8) is 0 Å². The quantitative estimate of drug-likeness (QED) is 0.573. The van der Waals surface area contributed by atoms with Gasteiger partial charge < -0.3 is 4.57 Å². The van der Waals surface area contributed by atoms with Crippen LogP contribution in [0.2, 0.25) is 0 Å². The van der Waals surface area contributed by atoms with Gasteiger partial charge in [0.15, 0.2) is 0 Å². The molecule has 0 N–H and O–H groups in total. The highest BCUT2D eigenvalue weighted by atomic mass is 31.2. The Morgan fingerprint density at radius 2 is 1.45 bits per heavy atom. The van der Waals surface area contributed by atoms with Gasteiger partial charge in [-0.15, -0.1) is 6.58 Å². The van der Waals surface area contributed by atoms with Crippen LogP contribution < -0.4 is 10.6 Å². The minimum absolute atomic E-state index is 0.279. The summed E-state index contributed by atoms with van der Waals surface area (Å²) < 4.78 is 13.7. The van der Waals surface area contributed by atoms with Crippen molar-refractivity contribution >= 4 is 17.8 Å². The first-order valence-corrected chi connectivity index (χ1v) is 8.92. The minimum atomic E-state index is -2.58. The van der Waals surface area contributed by atoms with E-state index < -0.39 is 7.14 Å². The molecule has 0 bridgehead atoms. The van der Waals surface area contributed by atoms with E-state index in [9.17, 15) is 4.57 Å². The molecule has 20 heavy (non-hydrogen) atoms. The van der Waals surface area contributed by atoms with Gasteiger partial charge in [-0.25, -0.2) is 0 Å². The molecule has 0 aliphatic heterocycles. The second-order valence-corrected chi connectivity index (χ2v) is 7.87. The Hall–Kier alpha value is -1.59. The Morgan fingerprint density at radius 1 is 1.00 bits per heavy atom. The zero-order chi connectivity index (χ0) is 14.4. The van der Waals surface area contributed by atoms with Crippen LogP contribution in [0.4, 0.5) is 0 Å². The molecule has 0 aliphatic carbocycles. The maximum absolute atomic E-state index is 13.7. The molecule has 0 spiro atoms. The topological polar surface area (TPSA) is 17.1 Å². The van der Waals surface area contributed by atoms with Crippen molar-refractivity contribution in [2.75, 3.05) is 6.16 Å². The third-order valence-corrected chi connectivity index (χ3v) is 6.94. The molecular formula is C18H21OP. The summed E-state index contributed by atoms with van der Waals surface area (Å²) in [5.74, 6) is 0.279. The molecule has 2 rings (SSSR count). The van der Waals surface area contributed by atoms with E-state index in [1.807, 2.05) is 66.7 Å². The summed E-state index contributed by atoms with van der Waals surface area (Å²) in [6, 6.07) is 19.7. The van der Waals surface area contributed by atoms with Crippen molar-refractivity contribution in [3.8, 4) is 0 Å². The molecule has 0 heterocycles. The normalized spacial score (nSPS) is 12.8. The first-order valence-electron chi connectivity index (χ1n) is 7.03. The van der Waals surface area contributed by atoms with E-state index in [2.05, 4.69) is 13.5 Å². The molecule has 2 aromatic carbocycles. The molecule has 0 aliphatic rings. The molecule has 0 radical (unpaired) electrons. The van der Waals surface area contributed by atoms with Gasteiger partial charge in [-0.2, -0.15) is 0 Å². The van der Waals surface area contributed by atoms with Crippen LogP contribution in [-0.4, -0.2) is 6.16 Å². The summed E-state index contributed by atoms with van der Waals surface area (Å²) in [6.07, 6.45) is 3.55. The van der Waals surface area contributed by atoms with Gasteiger partial charge in [0.25, 0.3) is 0 Å². The van der Waals surface area contributed by atoms with Crippen molar-refractivity contribution in [2.24, 2.45) is 5.92 Å². The van der Waals surface area contributed by atoms with Gasteiger partial charge in [-0.1, -0.05) is 73.7 Å². The van der Waals surface area contributed by atoms with Crippen molar-refractivity contribution in [1.29, 1.82) is 0 Å². The predicted molar refractivity (Wildman–Crippen MR) is 88.6 cm³/mol. The molecule has 0 fully saturated rings. The van der Waals surface area contributed by atoms with Crippen LogP contribution in [0.1, 0.15) is 13.3 Å². The summed E-state index contributed by atoms with van der Waals surface area (Å²) in [5.41, 5.74) is 0. The van der Waals surface area contributed by atoms with Crippen molar-refractivity contribution in [3.05, 3.63) is 73.3 Å². The molecule has 1 nitrogen and oxygen atoms in total. The third-order valence-electron chi connectivity index (χ3n) is 3.70. The van der Waals surface area contributed by atoms with Gasteiger partial charge >= 0.3 is 0 Å². The molecule has 0 amide bonds. The zero-order valence-electron chi connectivity index (χ0n) is 11.9. The van der Waals surface area contributed by atoms with Crippen LogP contribution in [0.25, 0.3) is 0 Å². The number of rotatable bonds is 6. The fourth-order valence-corrected chi connectivity index (χ4v) is 5.49. The molecule has 1 atom stereocenters. The van der Waals surface area contributed by atoms with E-state index in [0.29, 0.717) is 6.16 Å². The van der Waals surface area contributed by atoms with Gasteiger partial charge in [0.05, 0.1) is 0 Å². The number of benzene rings is 2. The summed E-state index contributed by atoms with van der Waals surface area (Å²) >= 11 is 0. The lowest BCUT2D eigenvalue weighted by molar-refractivity contribution is 0.577. The maximum Gasteiger partial charge on any atom is 0.143 e. The predicted octanol–water partition coefficient (Wildman–Crippen LogP) is 4.21. The molecule has 2 heteroatoms. The number of hydrogen-bond donors (Lipinski definition) is 0. The highest BCUT2D eigenvalue weighted by Gasteiger charge is 2.28. The highest BCUT2D eigenvalue weighted by molar-refractivity contribution is 7.78. The molecule has 0 aromatic heterocycles. The molecule has 0 saturated heterocycles. The Kier molecular flexibility index (Phi) is 4.98. The van der Waals surface area contributed by atoms with Gasteiger partial charge in [0, 0.05) is 16.8 Å². The van der Waals surface area contributed by atoms with Crippen LogP contribution in [0, 0.1) is 5.92 Å². The summed E-state index contributed by atoms with van der Waals surface area (Å²) in [7, 11) is -2.58.